The largest absolute Gasteiger partial charge is 0.481 e. The fraction of sp³-hybridized carbons (Fsp3) is 0.250. The summed E-state index contributed by atoms with van der Waals surface area (Å²) in [6.45, 7) is 7.14. The lowest BCUT2D eigenvalue weighted by Gasteiger charge is -2.13. The van der Waals surface area contributed by atoms with E-state index in [-0.39, 0.29) is 18.1 Å². The van der Waals surface area contributed by atoms with E-state index in [9.17, 15) is 14.4 Å². The van der Waals surface area contributed by atoms with E-state index in [1.807, 2.05) is 45.0 Å². The molecule has 0 unspecified atom stereocenters. The molecule has 0 aliphatic carbocycles. The smallest absolute Gasteiger partial charge is 0.362 e. The summed E-state index contributed by atoms with van der Waals surface area (Å²) < 4.78 is 11.7. The van der Waals surface area contributed by atoms with Crippen LogP contribution < -0.4 is 15.6 Å². The van der Waals surface area contributed by atoms with E-state index in [1.54, 1.807) is 25.1 Å². The van der Waals surface area contributed by atoms with Gasteiger partial charge in [-0.3, -0.25) is 9.59 Å². The highest BCUT2D eigenvalue weighted by Crippen LogP contribution is 2.19. The number of anilines is 1. The Bertz CT molecular complexity index is 1200. The molecule has 0 saturated heterocycles. The lowest BCUT2D eigenvalue weighted by molar-refractivity contribution is -0.118. The molecule has 3 aromatic rings. The van der Waals surface area contributed by atoms with Gasteiger partial charge in [0.2, 0.25) is 5.69 Å². The van der Waals surface area contributed by atoms with Gasteiger partial charge in [-0.05, 0) is 57.0 Å². The fourth-order valence-corrected chi connectivity index (χ4v) is 2.98. The van der Waals surface area contributed by atoms with E-state index < -0.39 is 24.0 Å². The van der Waals surface area contributed by atoms with E-state index >= 15 is 0 Å². The summed E-state index contributed by atoms with van der Waals surface area (Å²) in [6, 6.07) is 13.8. The molecule has 1 N–H and O–H groups in total. The molecule has 8 heteroatoms. The van der Waals surface area contributed by atoms with Crippen LogP contribution in [-0.4, -0.2) is 34.9 Å². The molecule has 0 bridgehead atoms. The molecule has 32 heavy (non-hydrogen) atoms. The molecule has 0 radical (unpaired) electrons. The van der Waals surface area contributed by atoms with Crippen LogP contribution in [0.2, 0.25) is 0 Å². The third-order valence-corrected chi connectivity index (χ3v) is 4.88. The van der Waals surface area contributed by atoms with Crippen molar-refractivity contribution in [1.29, 1.82) is 0 Å². The molecule has 0 aliphatic rings. The van der Waals surface area contributed by atoms with Gasteiger partial charge in [-0.25, -0.2) is 4.79 Å². The first-order chi connectivity index (χ1) is 15.3. The minimum atomic E-state index is -0.752. The second kappa shape index (κ2) is 9.91. The maximum atomic E-state index is 12.6. The summed E-state index contributed by atoms with van der Waals surface area (Å²) in [6.07, 6.45) is 0. The second-order valence-corrected chi connectivity index (χ2v) is 7.25. The minimum Gasteiger partial charge on any atom is -0.481 e. The van der Waals surface area contributed by atoms with Gasteiger partial charge in [0.25, 0.3) is 11.5 Å². The van der Waals surface area contributed by atoms with Crippen LogP contribution in [0.15, 0.2) is 53.3 Å². The number of amides is 1. The third kappa shape index (κ3) is 5.21. The Morgan fingerprint density at radius 3 is 2.47 bits per heavy atom. The number of carbonyl (C=O) groups is 2. The molecule has 3 rings (SSSR count). The van der Waals surface area contributed by atoms with Crippen molar-refractivity contribution in [3.8, 4) is 11.4 Å². The van der Waals surface area contributed by atoms with Crippen molar-refractivity contribution < 1.29 is 19.1 Å². The molecule has 166 valence electrons. The van der Waals surface area contributed by atoms with E-state index in [0.29, 0.717) is 11.4 Å². The molecule has 0 aliphatic heterocycles. The number of nitrogens with zero attached hydrogens (tertiary/aromatic N) is 2. The normalized spacial score (nSPS) is 10.5. The van der Waals surface area contributed by atoms with Crippen molar-refractivity contribution in [2.24, 2.45) is 0 Å². The average molecular weight is 435 g/mol. The summed E-state index contributed by atoms with van der Waals surface area (Å²) in [5.74, 6) is -1.30. The van der Waals surface area contributed by atoms with E-state index in [0.717, 1.165) is 27.4 Å². The predicted octanol–water partition coefficient (Wildman–Crippen LogP) is 3.35. The van der Waals surface area contributed by atoms with Gasteiger partial charge in [-0.2, -0.15) is 9.78 Å². The number of aromatic nitrogens is 2. The Hall–Kier alpha value is -3.94. The van der Waals surface area contributed by atoms with E-state index in [4.69, 9.17) is 9.47 Å². The SMILES string of the molecule is CCOC(=O)c1nn(-c2ccc(C)cc2)c(=O)cc1OCC(=O)Nc1cccc(C)c1C. The summed E-state index contributed by atoms with van der Waals surface area (Å²) >= 11 is 0. The van der Waals surface area contributed by atoms with Crippen LogP contribution in [0, 0.1) is 20.8 Å². The van der Waals surface area contributed by atoms with Gasteiger partial charge >= 0.3 is 5.97 Å². The van der Waals surface area contributed by atoms with Crippen LogP contribution in [0.3, 0.4) is 0 Å². The second-order valence-electron chi connectivity index (χ2n) is 7.25. The van der Waals surface area contributed by atoms with Gasteiger partial charge in [-0.15, -0.1) is 0 Å². The summed E-state index contributed by atoms with van der Waals surface area (Å²) in [4.78, 5) is 37.5. The lowest BCUT2D eigenvalue weighted by atomic mass is 10.1. The zero-order valence-corrected chi connectivity index (χ0v) is 18.5. The van der Waals surface area contributed by atoms with Gasteiger partial charge in [-0.1, -0.05) is 29.8 Å². The van der Waals surface area contributed by atoms with Crippen molar-refractivity contribution in [2.45, 2.75) is 27.7 Å². The van der Waals surface area contributed by atoms with Crippen molar-refractivity contribution in [3.05, 3.63) is 81.3 Å². The Morgan fingerprint density at radius 1 is 1.06 bits per heavy atom. The lowest BCUT2D eigenvalue weighted by Crippen LogP contribution is -2.27. The number of hydrogen-bond acceptors (Lipinski definition) is 6. The Morgan fingerprint density at radius 2 is 1.78 bits per heavy atom. The first-order valence-corrected chi connectivity index (χ1v) is 10.2. The highest BCUT2D eigenvalue weighted by Gasteiger charge is 2.21. The molecule has 0 atom stereocenters. The minimum absolute atomic E-state index is 0.118. The molecule has 0 saturated carbocycles. The predicted molar refractivity (Wildman–Crippen MR) is 121 cm³/mol. The number of ether oxygens (including phenoxy) is 2. The molecule has 0 spiro atoms. The zero-order chi connectivity index (χ0) is 23.3. The number of esters is 1. The molecule has 1 heterocycles. The topological polar surface area (TPSA) is 99.5 Å². The summed E-state index contributed by atoms with van der Waals surface area (Å²) in [5, 5.41) is 6.92. The molecule has 2 aromatic carbocycles. The van der Waals surface area contributed by atoms with Gasteiger partial charge in [0.05, 0.1) is 18.4 Å². The average Bonchev–Trinajstić information content (AvgIpc) is 2.76. The molecular formula is C24H25N3O5. The van der Waals surface area contributed by atoms with Crippen LogP contribution in [0.4, 0.5) is 5.69 Å². The van der Waals surface area contributed by atoms with Crippen molar-refractivity contribution in [1.82, 2.24) is 9.78 Å². The molecule has 1 amide bonds. The van der Waals surface area contributed by atoms with Gasteiger partial charge < -0.3 is 14.8 Å². The number of benzene rings is 2. The quantitative estimate of drug-likeness (QED) is 0.572. The number of nitrogens with one attached hydrogen (secondary N) is 1. The molecule has 1 aromatic heterocycles. The zero-order valence-electron chi connectivity index (χ0n) is 18.5. The van der Waals surface area contributed by atoms with Crippen molar-refractivity contribution >= 4 is 17.6 Å². The van der Waals surface area contributed by atoms with E-state index in [1.165, 1.54) is 0 Å². The van der Waals surface area contributed by atoms with Crippen LogP contribution in [0.25, 0.3) is 5.69 Å². The number of hydrogen-bond donors (Lipinski definition) is 1. The summed E-state index contributed by atoms with van der Waals surface area (Å²) in [5.41, 5.74) is 3.45. The van der Waals surface area contributed by atoms with Gasteiger partial charge in [0.1, 0.15) is 0 Å². The highest BCUT2D eigenvalue weighted by molar-refractivity contribution is 5.93. The Balaban J connectivity index is 1.86. The van der Waals surface area contributed by atoms with Gasteiger partial charge in [0.15, 0.2) is 12.4 Å². The number of aryl methyl sites for hydroxylation is 2. The summed E-state index contributed by atoms with van der Waals surface area (Å²) in [7, 11) is 0. The van der Waals surface area contributed by atoms with Crippen LogP contribution in [-0.2, 0) is 9.53 Å². The van der Waals surface area contributed by atoms with Crippen molar-refractivity contribution in [3.63, 3.8) is 0 Å². The van der Waals surface area contributed by atoms with Gasteiger partial charge in [0, 0.05) is 5.69 Å². The first-order valence-electron chi connectivity index (χ1n) is 10.2. The maximum Gasteiger partial charge on any atom is 0.362 e. The maximum absolute atomic E-state index is 12.6. The monoisotopic (exact) mass is 435 g/mol. The molecule has 0 fully saturated rings. The molecular weight excluding hydrogens is 410 g/mol. The van der Waals surface area contributed by atoms with Crippen LogP contribution in [0.1, 0.15) is 34.1 Å². The van der Waals surface area contributed by atoms with Crippen LogP contribution >= 0.6 is 0 Å². The highest BCUT2D eigenvalue weighted by atomic mass is 16.5. The molecule has 8 nitrogen and oxygen atoms in total. The van der Waals surface area contributed by atoms with Crippen molar-refractivity contribution in [2.75, 3.05) is 18.5 Å². The number of carbonyl (C=O) groups excluding carboxylic acids is 2. The van der Waals surface area contributed by atoms with Crippen LogP contribution in [0.5, 0.6) is 5.75 Å². The Labute approximate surface area is 185 Å². The third-order valence-electron chi connectivity index (χ3n) is 4.88. The standard InChI is InChI=1S/C24H25N3O5/c1-5-31-24(30)23-20(13-22(29)27(26-23)18-11-9-15(2)10-12-18)32-14-21(28)25-19-8-6-7-16(3)17(19)4/h6-13H,5,14H2,1-4H3,(H,25,28). The Kier molecular flexibility index (Phi) is 7.04. The van der Waals surface area contributed by atoms with E-state index in [2.05, 4.69) is 10.4 Å². The first kappa shape index (κ1) is 22.7. The number of rotatable bonds is 7. The fourth-order valence-electron chi connectivity index (χ4n) is 2.98.